The molecule has 4 heteroatoms. The van der Waals surface area contributed by atoms with Gasteiger partial charge in [-0.05, 0) is 48.0 Å². The van der Waals surface area contributed by atoms with Gasteiger partial charge in [0.15, 0.2) is 0 Å². The predicted octanol–water partition coefficient (Wildman–Crippen LogP) is 5.98. The summed E-state index contributed by atoms with van der Waals surface area (Å²) in [5, 5.41) is 3.67. The van der Waals surface area contributed by atoms with E-state index in [-0.39, 0.29) is 5.82 Å². The fraction of sp³-hybridized carbons (Fsp3) is 0.0526. The number of anilines is 1. The molecule has 0 radical (unpaired) electrons. The van der Waals surface area contributed by atoms with Crippen LogP contribution in [0.3, 0.4) is 0 Å². The number of benzene rings is 3. The first-order chi connectivity index (χ1) is 11.2. The Hall–Kier alpha value is -2.52. The van der Waals surface area contributed by atoms with Crippen LogP contribution < -0.4 is 10.1 Å². The Bertz CT molecular complexity index is 835. The van der Waals surface area contributed by atoms with E-state index in [0.717, 1.165) is 16.8 Å². The molecule has 0 heterocycles. The van der Waals surface area contributed by atoms with Crippen LogP contribution in [0.5, 0.6) is 11.5 Å². The van der Waals surface area contributed by atoms with Gasteiger partial charge in [-0.1, -0.05) is 29.8 Å². The minimum Gasteiger partial charge on any atom is -0.457 e. The molecule has 3 aromatic carbocycles. The third-order valence-electron chi connectivity index (χ3n) is 3.43. The lowest BCUT2D eigenvalue weighted by molar-refractivity contribution is 0.485. The van der Waals surface area contributed by atoms with Crippen LogP contribution in [0.4, 0.5) is 10.1 Å². The highest BCUT2D eigenvalue weighted by molar-refractivity contribution is 6.30. The lowest BCUT2D eigenvalue weighted by Crippen LogP contribution is -1.93. The molecule has 0 spiro atoms. The van der Waals surface area contributed by atoms with Crippen LogP contribution >= 0.6 is 11.6 Å². The molecule has 3 rings (SSSR count). The van der Waals surface area contributed by atoms with Crippen molar-refractivity contribution in [3.8, 4) is 22.6 Å². The molecule has 0 bridgehead atoms. The summed E-state index contributed by atoms with van der Waals surface area (Å²) in [6.07, 6.45) is 0. The normalized spacial score (nSPS) is 10.4. The number of halogens is 2. The summed E-state index contributed by atoms with van der Waals surface area (Å²) in [7, 11) is 1.83. The molecule has 0 fully saturated rings. The summed E-state index contributed by atoms with van der Waals surface area (Å²) in [6.45, 7) is 0. The van der Waals surface area contributed by atoms with Crippen molar-refractivity contribution in [2.45, 2.75) is 0 Å². The van der Waals surface area contributed by atoms with Crippen molar-refractivity contribution in [2.75, 3.05) is 12.4 Å². The van der Waals surface area contributed by atoms with E-state index in [4.69, 9.17) is 16.3 Å². The molecule has 2 nitrogen and oxygen atoms in total. The van der Waals surface area contributed by atoms with Gasteiger partial charge < -0.3 is 10.1 Å². The quantitative estimate of drug-likeness (QED) is 0.636. The summed E-state index contributed by atoms with van der Waals surface area (Å²) in [6, 6.07) is 19.3. The Morgan fingerprint density at radius 2 is 1.78 bits per heavy atom. The maximum Gasteiger partial charge on any atom is 0.137 e. The molecule has 0 saturated carbocycles. The number of hydrogen-bond acceptors (Lipinski definition) is 2. The molecule has 0 aliphatic rings. The van der Waals surface area contributed by atoms with Crippen LogP contribution in [0.1, 0.15) is 0 Å². The number of ether oxygens (including phenoxy) is 1. The number of hydrogen-bond donors (Lipinski definition) is 1. The van der Waals surface area contributed by atoms with Crippen molar-refractivity contribution in [1.29, 1.82) is 0 Å². The largest absolute Gasteiger partial charge is 0.457 e. The van der Waals surface area contributed by atoms with E-state index in [1.807, 2.05) is 43.4 Å². The summed E-state index contributed by atoms with van der Waals surface area (Å²) in [4.78, 5) is 0. The Balaban J connectivity index is 2.06. The lowest BCUT2D eigenvalue weighted by Gasteiger charge is -2.13. The standard InChI is InChI=1S/C19H15ClFNO/c1-22-16-8-9-18(13-4-2-6-15(21)10-13)19(12-16)23-17-7-3-5-14(20)11-17/h2-12,22H,1H3. The second kappa shape index (κ2) is 6.71. The molecule has 3 aromatic rings. The maximum atomic E-state index is 13.5. The zero-order valence-electron chi connectivity index (χ0n) is 12.5. The molecule has 1 N–H and O–H groups in total. The van der Waals surface area contributed by atoms with E-state index in [1.54, 1.807) is 18.2 Å². The predicted molar refractivity (Wildman–Crippen MR) is 92.9 cm³/mol. The van der Waals surface area contributed by atoms with Gasteiger partial charge in [0.05, 0.1) is 0 Å². The average Bonchev–Trinajstić information content (AvgIpc) is 2.55. The Morgan fingerprint density at radius 3 is 2.52 bits per heavy atom. The zero-order valence-corrected chi connectivity index (χ0v) is 13.3. The van der Waals surface area contributed by atoms with Gasteiger partial charge in [0.1, 0.15) is 17.3 Å². The van der Waals surface area contributed by atoms with Crippen LogP contribution in [0.2, 0.25) is 5.02 Å². The van der Waals surface area contributed by atoms with Crippen molar-refractivity contribution < 1.29 is 9.13 Å². The van der Waals surface area contributed by atoms with Gasteiger partial charge in [-0.15, -0.1) is 0 Å². The van der Waals surface area contributed by atoms with Crippen molar-refractivity contribution in [3.63, 3.8) is 0 Å². The van der Waals surface area contributed by atoms with Crippen LogP contribution in [-0.4, -0.2) is 7.05 Å². The van der Waals surface area contributed by atoms with Crippen LogP contribution in [0.25, 0.3) is 11.1 Å². The monoisotopic (exact) mass is 327 g/mol. The number of nitrogens with one attached hydrogen (secondary N) is 1. The molecule has 0 unspecified atom stereocenters. The molecule has 116 valence electrons. The van der Waals surface area contributed by atoms with Gasteiger partial charge in [-0.3, -0.25) is 0 Å². The average molecular weight is 328 g/mol. The molecule has 0 aliphatic heterocycles. The lowest BCUT2D eigenvalue weighted by atomic mass is 10.0. The van der Waals surface area contributed by atoms with Crippen molar-refractivity contribution in [3.05, 3.63) is 77.6 Å². The molecule has 0 aliphatic carbocycles. The van der Waals surface area contributed by atoms with Gasteiger partial charge in [-0.2, -0.15) is 0 Å². The highest BCUT2D eigenvalue weighted by atomic mass is 35.5. The minimum absolute atomic E-state index is 0.283. The molecular weight excluding hydrogens is 313 g/mol. The van der Waals surface area contributed by atoms with Crippen molar-refractivity contribution >= 4 is 17.3 Å². The van der Waals surface area contributed by atoms with E-state index in [2.05, 4.69) is 5.32 Å². The smallest absolute Gasteiger partial charge is 0.137 e. The topological polar surface area (TPSA) is 21.3 Å². The van der Waals surface area contributed by atoms with Crippen LogP contribution in [0.15, 0.2) is 66.7 Å². The van der Waals surface area contributed by atoms with Gasteiger partial charge in [0.25, 0.3) is 0 Å². The van der Waals surface area contributed by atoms with E-state index < -0.39 is 0 Å². The highest BCUT2D eigenvalue weighted by Gasteiger charge is 2.10. The second-order valence-corrected chi connectivity index (χ2v) is 5.47. The van der Waals surface area contributed by atoms with E-state index in [1.165, 1.54) is 12.1 Å². The fourth-order valence-electron chi connectivity index (χ4n) is 2.31. The van der Waals surface area contributed by atoms with Crippen LogP contribution in [-0.2, 0) is 0 Å². The number of rotatable bonds is 4. The molecule has 0 atom stereocenters. The third-order valence-corrected chi connectivity index (χ3v) is 3.66. The Labute approximate surface area is 139 Å². The SMILES string of the molecule is CNc1ccc(-c2cccc(F)c2)c(Oc2cccc(Cl)c2)c1. The highest BCUT2D eigenvalue weighted by Crippen LogP contribution is 2.36. The van der Waals surface area contributed by atoms with Gasteiger partial charge >= 0.3 is 0 Å². The zero-order chi connectivity index (χ0) is 16.2. The molecular formula is C19H15ClFNO. The van der Waals surface area contributed by atoms with E-state index in [9.17, 15) is 4.39 Å². The summed E-state index contributed by atoms with van der Waals surface area (Å²) in [5.41, 5.74) is 2.47. The van der Waals surface area contributed by atoms with Crippen molar-refractivity contribution in [1.82, 2.24) is 0 Å². The summed E-state index contributed by atoms with van der Waals surface area (Å²) in [5.74, 6) is 0.974. The van der Waals surface area contributed by atoms with Gasteiger partial charge in [-0.25, -0.2) is 4.39 Å². The van der Waals surface area contributed by atoms with Gasteiger partial charge in [0, 0.05) is 29.4 Å². The van der Waals surface area contributed by atoms with E-state index in [0.29, 0.717) is 16.5 Å². The van der Waals surface area contributed by atoms with Crippen LogP contribution in [0, 0.1) is 5.82 Å². The summed E-state index contributed by atoms with van der Waals surface area (Å²) >= 11 is 6.01. The molecule has 0 aromatic heterocycles. The first kappa shape index (κ1) is 15.4. The summed E-state index contributed by atoms with van der Waals surface area (Å²) < 4.78 is 19.5. The fourth-order valence-corrected chi connectivity index (χ4v) is 2.49. The molecule has 23 heavy (non-hydrogen) atoms. The first-order valence-electron chi connectivity index (χ1n) is 7.17. The molecule has 0 amide bonds. The first-order valence-corrected chi connectivity index (χ1v) is 7.54. The maximum absolute atomic E-state index is 13.5. The molecule has 0 saturated heterocycles. The second-order valence-electron chi connectivity index (χ2n) is 5.03. The Morgan fingerprint density at radius 1 is 0.957 bits per heavy atom. The minimum atomic E-state index is -0.283. The van der Waals surface area contributed by atoms with Gasteiger partial charge in [0.2, 0.25) is 0 Å². The van der Waals surface area contributed by atoms with Crippen molar-refractivity contribution in [2.24, 2.45) is 0 Å². The third kappa shape index (κ3) is 3.63. The van der Waals surface area contributed by atoms with E-state index >= 15 is 0 Å². The Kier molecular flexibility index (Phi) is 4.49.